The zero-order valence-electron chi connectivity index (χ0n) is 13.6. The van der Waals surface area contributed by atoms with Gasteiger partial charge in [0, 0.05) is 18.2 Å². The quantitative estimate of drug-likeness (QED) is 0.919. The Bertz CT molecular complexity index is 421. The molecule has 1 aliphatic heterocycles. The van der Waals surface area contributed by atoms with Gasteiger partial charge in [-0.3, -0.25) is 4.90 Å². The largest absolute Gasteiger partial charge is 0.360 e. The highest BCUT2D eigenvalue weighted by Crippen LogP contribution is 2.30. The lowest BCUT2D eigenvalue weighted by Crippen LogP contribution is -2.36. The molecule has 1 aliphatic rings. The summed E-state index contributed by atoms with van der Waals surface area (Å²) in [5.74, 6) is 0.982. The molecule has 114 valence electrons. The zero-order valence-corrected chi connectivity index (χ0v) is 13.6. The molecule has 0 aromatic carbocycles. The Labute approximate surface area is 122 Å². The molecular weight excluding hydrogens is 250 g/mol. The first-order valence-electron chi connectivity index (χ1n) is 7.65. The average molecular weight is 279 g/mol. The Morgan fingerprint density at radius 2 is 1.95 bits per heavy atom. The third-order valence-electron chi connectivity index (χ3n) is 4.00. The number of aromatic nitrogens is 1. The molecule has 4 heteroatoms. The lowest BCUT2D eigenvalue weighted by Gasteiger charge is -2.36. The monoisotopic (exact) mass is 279 g/mol. The minimum Gasteiger partial charge on any atom is -0.360 e. The van der Waals surface area contributed by atoms with Crippen LogP contribution in [0.15, 0.2) is 10.6 Å². The highest BCUT2D eigenvalue weighted by atomic mass is 16.5. The molecule has 20 heavy (non-hydrogen) atoms. The Morgan fingerprint density at radius 3 is 2.55 bits per heavy atom. The predicted molar refractivity (Wildman–Crippen MR) is 81.4 cm³/mol. The van der Waals surface area contributed by atoms with Crippen LogP contribution < -0.4 is 5.32 Å². The van der Waals surface area contributed by atoms with E-state index >= 15 is 0 Å². The number of nitrogens with one attached hydrogen (secondary N) is 1. The van der Waals surface area contributed by atoms with Crippen LogP contribution in [0.1, 0.15) is 58.9 Å². The molecule has 0 bridgehead atoms. The normalized spacial score (nSPS) is 20.2. The van der Waals surface area contributed by atoms with Crippen LogP contribution in [0.2, 0.25) is 0 Å². The number of likely N-dealkylation sites (tertiary alicyclic amines) is 1. The van der Waals surface area contributed by atoms with Crippen LogP contribution in [0.3, 0.4) is 0 Å². The van der Waals surface area contributed by atoms with E-state index in [1.54, 1.807) is 0 Å². The predicted octanol–water partition coefficient (Wildman–Crippen LogP) is 3.18. The molecule has 0 aliphatic carbocycles. The van der Waals surface area contributed by atoms with Gasteiger partial charge in [-0.2, -0.15) is 0 Å². The number of piperidine rings is 1. The van der Waals surface area contributed by atoms with Gasteiger partial charge in [0.1, 0.15) is 0 Å². The van der Waals surface area contributed by atoms with E-state index in [1.807, 2.05) is 0 Å². The fourth-order valence-corrected chi connectivity index (χ4v) is 2.41. The van der Waals surface area contributed by atoms with E-state index in [1.165, 1.54) is 12.8 Å². The average Bonchev–Trinajstić information content (AvgIpc) is 2.76. The van der Waals surface area contributed by atoms with Gasteiger partial charge in [0.2, 0.25) is 0 Å². The maximum atomic E-state index is 5.45. The van der Waals surface area contributed by atoms with Gasteiger partial charge in [0.05, 0.1) is 12.2 Å². The molecule has 2 heterocycles. The van der Waals surface area contributed by atoms with Crippen LogP contribution in [0, 0.1) is 5.41 Å². The molecule has 0 amide bonds. The van der Waals surface area contributed by atoms with Crippen molar-refractivity contribution in [1.29, 1.82) is 0 Å². The fourth-order valence-electron chi connectivity index (χ4n) is 2.41. The fraction of sp³-hybridized carbons (Fsp3) is 0.812. The summed E-state index contributed by atoms with van der Waals surface area (Å²) in [7, 11) is 0. The summed E-state index contributed by atoms with van der Waals surface area (Å²) in [5, 5.41) is 7.58. The molecule has 1 aromatic heterocycles. The molecule has 1 N–H and O–H groups in total. The first-order chi connectivity index (χ1) is 9.23. The number of hydrogen-bond acceptors (Lipinski definition) is 4. The molecule has 0 spiro atoms. The highest BCUT2D eigenvalue weighted by molar-refractivity contribution is 5.05. The molecular formula is C16H29N3O. The summed E-state index contributed by atoms with van der Waals surface area (Å²) >= 11 is 0. The Morgan fingerprint density at radius 1 is 1.30 bits per heavy atom. The van der Waals surface area contributed by atoms with Gasteiger partial charge in [0.15, 0.2) is 5.76 Å². The SMILES string of the molecule is CC1(C)CCN(Cc2cc(CNC(C)(C)C)no2)CC1. The van der Waals surface area contributed by atoms with Crippen LogP contribution in [0.5, 0.6) is 0 Å². The third kappa shape index (κ3) is 4.91. The lowest BCUT2D eigenvalue weighted by molar-refractivity contribution is 0.117. The van der Waals surface area contributed by atoms with E-state index in [4.69, 9.17) is 4.52 Å². The standard InChI is InChI=1S/C16H29N3O/c1-15(2,3)17-11-13-10-14(20-18-13)12-19-8-6-16(4,5)7-9-19/h10,17H,6-9,11-12H2,1-5H3. The van der Waals surface area contributed by atoms with E-state index in [9.17, 15) is 0 Å². The highest BCUT2D eigenvalue weighted by Gasteiger charge is 2.25. The summed E-state index contributed by atoms with van der Waals surface area (Å²) in [6.07, 6.45) is 2.53. The maximum absolute atomic E-state index is 5.45. The molecule has 0 saturated carbocycles. The molecule has 2 rings (SSSR count). The summed E-state index contributed by atoms with van der Waals surface area (Å²) in [5.41, 5.74) is 1.60. The third-order valence-corrected chi connectivity index (χ3v) is 4.00. The van der Waals surface area contributed by atoms with E-state index in [0.717, 1.165) is 37.6 Å². The molecule has 0 unspecified atom stereocenters. The van der Waals surface area contributed by atoms with E-state index in [0.29, 0.717) is 5.41 Å². The molecule has 1 saturated heterocycles. The molecule has 4 nitrogen and oxygen atoms in total. The van der Waals surface area contributed by atoms with Crippen molar-refractivity contribution in [3.63, 3.8) is 0 Å². The Hall–Kier alpha value is -0.870. The van der Waals surface area contributed by atoms with E-state index in [2.05, 4.69) is 56.1 Å². The van der Waals surface area contributed by atoms with Crippen molar-refractivity contribution in [3.8, 4) is 0 Å². The topological polar surface area (TPSA) is 41.3 Å². The molecule has 0 radical (unpaired) electrons. The number of rotatable bonds is 4. The maximum Gasteiger partial charge on any atom is 0.151 e. The Kier molecular flexibility index (Phi) is 4.55. The first-order valence-corrected chi connectivity index (χ1v) is 7.65. The summed E-state index contributed by atoms with van der Waals surface area (Å²) in [4.78, 5) is 2.47. The van der Waals surface area contributed by atoms with Gasteiger partial charge in [-0.1, -0.05) is 19.0 Å². The second-order valence-corrected chi connectivity index (χ2v) is 7.83. The molecule has 1 fully saturated rings. The second-order valence-electron chi connectivity index (χ2n) is 7.83. The van der Waals surface area contributed by atoms with Gasteiger partial charge in [0.25, 0.3) is 0 Å². The van der Waals surface area contributed by atoms with Gasteiger partial charge < -0.3 is 9.84 Å². The number of hydrogen-bond donors (Lipinski definition) is 1. The lowest BCUT2D eigenvalue weighted by atomic mass is 9.83. The minimum absolute atomic E-state index is 0.109. The van der Waals surface area contributed by atoms with Gasteiger partial charge in [-0.05, 0) is 52.1 Å². The van der Waals surface area contributed by atoms with Crippen LogP contribution in [0.4, 0.5) is 0 Å². The van der Waals surface area contributed by atoms with Crippen LogP contribution in [-0.2, 0) is 13.1 Å². The summed E-state index contributed by atoms with van der Waals surface area (Å²) < 4.78 is 5.45. The van der Waals surface area contributed by atoms with Gasteiger partial charge in [-0.15, -0.1) is 0 Å². The first kappa shape index (κ1) is 15.5. The van der Waals surface area contributed by atoms with Crippen molar-refractivity contribution in [2.45, 2.75) is 66.1 Å². The second kappa shape index (κ2) is 5.86. The molecule has 0 atom stereocenters. The van der Waals surface area contributed by atoms with E-state index in [-0.39, 0.29) is 5.54 Å². The van der Waals surface area contributed by atoms with Gasteiger partial charge in [-0.25, -0.2) is 0 Å². The Balaban J connectivity index is 1.81. The minimum atomic E-state index is 0.109. The van der Waals surface area contributed by atoms with Crippen molar-refractivity contribution in [3.05, 3.63) is 17.5 Å². The van der Waals surface area contributed by atoms with E-state index < -0.39 is 0 Å². The van der Waals surface area contributed by atoms with Crippen LogP contribution in [-0.4, -0.2) is 28.7 Å². The van der Waals surface area contributed by atoms with Crippen molar-refractivity contribution in [2.24, 2.45) is 5.41 Å². The van der Waals surface area contributed by atoms with Crippen molar-refractivity contribution >= 4 is 0 Å². The van der Waals surface area contributed by atoms with Crippen molar-refractivity contribution in [2.75, 3.05) is 13.1 Å². The summed E-state index contributed by atoms with van der Waals surface area (Å²) in [6.45, 7) is 15.1. The van der Waals surface area contributed by atoms with Crippen molar-refractivity contribution in [1.82, 2.24) is 15.4 Å². The zero-order chi connectivity index (χ0) is 14.8. The van der Waals surface area contributed by atoms with Crippen molar-refractivity contribution < 1.29 is 4.52 Å². The van der Waals surface area contributed by atoms with Crippen LogP contribution >= 0.6 is 0 Å². The van der Waals surface area contributed by atoms with Crippen LogP contribution in [0.25, 0.3) is 0 Å². The summed E-state index contributed by atoms with van der Waals surface area (Å²) in [6, 6.07) is 2.08. The van der Waals surface area contributed by atoms with Gasteiger partial charge >= 0.3 is 0 Å². The number of nitrogens with zero attached hydrogens (tertiary/aromatic N) is 2. The molecule has 1 aromatic rings. The smallest absolute Gasteiger partial charge is 0.151 e.